The van der Waals surface area contributed by atoms with Crippen LogP contribution in [0.2, 0.25) is 5.02 Å². The van der Waals surface area contributed by atoms with Gasteiger partial charge in [0.25, 0.3) is 0 Å². The lowest BCUT2D eigenvalue weighted by atomic mass is 10.2. The summed E-state index contributed by atoms with van der Waals surface area (Å²) in [7, 11) is 0. The second kappa shape index (κ2) is 3.25. The van der Waals surface area contributed by atoms with Crippen LogP contribution in [-0.4, -0.2) is 17.1 Å². The van der Waals surface area contributed by atoms with E-state index in [2.05, 4.69) is 4.98 Å². The highest BCUT2D eigenvalue weighted by Gasteiger charge is 2.03. The first-order valence-corrected chi connectivity index (χ1v) is 3.22. The fourth-order valence-electron chi connectivity index (χ4n) is 0.615. The molecule has 0 N–H and O–H groups in total. The molecule has 0 spiro atoms. The second-order valence-electron chi connectivity index (χ2n) is 1.87. The molecule has 0 unspecified atom stereocenters. The van der Waals surface area contributed by atoms with Gasteiger partial charge in [-0.2, -0.15) is 0 Å². The van der Waals surface area contributed by atoms with E-state index in [1.165, 1.54) is 18.5 Å². The molecule has 0 saturated carbocycles. The maximum absolute atomic E-state index is 10.7. The van der Waals surface area contributed by atoms with E-state index in [9.17, 15) is 9.59 Å². The van der Waals surface area contributed by atoms with Crippen LogP contribution < -0.4 is 0 Å². The second-order valence-corrected chi connectivity index (χ2v) is 2.31. The van der Waals surface area contributed by atoms with Gasteiger partial charge in [0.15, 0.2) is 6.29 Å². The van der Waals surface area contributed by atoms with Gasteiger partial charge in [0.2, 0.25) is 5.78 Å². The fourth-order valence-corrected chi connectivity index (χ4v) is 0.789. The maximum Gasteiger partial charge on any atom is 0.226 e. The lowest BCUT2D eigenvalue weighted by molar-refractivity contribution is -0.104. The van der Waals surface area contributed by atoms with Crippen molar-refractivity contribution in [2.45, 2.75) is 0 Å². The number of rotatable bonds is 2. The Labute approximate surface area is 68.0 Å². The van der Waals surface area contributed by atoms with E-state index in [0.29, 0.717) is 5.02 Å². The Morgan fingerprint density at radius 3 is 2.82 bits per heavy atom. The smallest absolute Gasteiger partial charge is 0.226 e. The standard InChI is InChI=1S/C7H4ClNO2/c8-6-1-5(2-9-3-6)7(11)4-10/h1-4H. The molecule has 3 nitrogen and oxygen atoms in total. The molecular weight excluding hydrogens is 166 g/mol. The topological polar surface area (TPSA) is 47.0 Å². The minimum absolute atomic E-state index is 0.215. The molecule has 0 fully saturated rings. The van der Waals surface area contributed by atoms with E-state index < -0.39 is 5.78 Å². The largest absolute Gasteiger partial charge is 0.294 e. The Morgan fingerprint density at radius 2 is 2.27 bits per heavy atom. The van der Waals surface area contributed by atoms with Gasteiger partial charge in [-0.05, 0) is 6.07 Å². The minimum atomic E-state index is -0.611. The van der Waals surface area contributed by atoms with Gasteiger partial charge in [-0.3, -0.25) is 14.6 Å². The Balaban J connectivity index is 3.05. The summed E-state index contributed by atoms with van der Waals surface area (Å²) in [5, 5.41) is 0.345. The van der Waals surface area contributed by atoms with Gasteiger partial charge in [-0.25, -0.2) is 0 Å². The van der Waals surface area contributed by atoms with Crippen molar-refractivity contribution < 1.29 is 9.59 Å². The van der Waals surface area contributed by atoms with Crippen LogP contribution >= 0.6 is 11.6 Å². The number of halogens is 1. The molecule has 11 heavy (non-hydrogen) atoms. The molecule has 1 heterocycles. The number of nitrogens with zero attached hydrogens (tertiary/aromatic N) is 1. The summed E-state index contributed by atoms with van der Waals surface area (Å²) in [6.45, 7) is 0. The zero-order valence-electron chi connectivity index (χ0n) is 5.45. The molecule has 0 saturated heterocycles. The maximum atomic E-state index is 10.7. The summed E-state index contributed by atoms with van der Waals surface area (Å²) in [5.74, 6) is -0.611. The number of pyridine rings is 1. The predicted molar refractivity (Wildman–Crippen MR) is 39.6 cm³/mol. The number of hydrogen-bond acceptors (Lipinski definition) is 3. The van der Waals surface area contributed by atoms with Crippen molar-refractivity contribution in [2.24, 2.45) is 0 Å². The van der Waals surface area contributed by atoms with Crippen LogP contribution in [0.1, 0.15) is 10.4 Å². The Hall–Kier alpha value is -1.22. The van der Waals surface area contributed by atoms with Gasteiger partial charge >= 0.3 is 0 Å². The average molecular weight is 170 g/mol. The molecule has 56 valence electrons. The number of carbonyl (C=O) groups excluding carboxylic acids is 2. The van der Waals surface area contributed by atoms with E-state index >= 15 is 0 Å². The molecule has 0 amide bonds. The number of Topliss-reactive ketones (excluding diaryl/α,β-unsaturated/α-hetero) is 1. The minimum Gasteiger partial charge on any atom is -0.294 e. The molecule has 0 radical (unpaired) electrons. The number of hydrogen-bond donors (Lipinski definition) is 0. The number of aromatic nitrogens is 1. The van der Waals surface area contributed by atoms with Crippen molar-refractivity contribution in [1.29, 1.82) is 0 Å². The third-order valence-corrected chi connectivity index (χ3v) is 1.30. The first kappa shape index (κ1) is 7.88. The fraction of sp³-hybridized carbons (Fsp3) is 0. The molecule has 0 aromatic carbocycles. The third-order valence-electron chi connectivity index (χ3n) is 1.10. The van der Waals surface area contributed by atoms with Gasteiger partial charge in [-0.15, -0.1) is 0 Å². The van der Waals surface area contributed by atoms with Crippen molar-refractivity contribution in [2.75, 3.05) is 0 Å². The van der Waals surface area contributed by atoms with Gasteiger partial charge in [-0.1, -0.05) is 11.6 Å². The Kier molecular flexibility index (Phi) is 2.33. The van der Waals surface area contributed by atoms with Crippen LogP contribution in [0.4, 0.5) is 0 Å². The summed E-state index contributed by atoms with van der Waals surface area (Å²) in [5.41, 5.74) is 0.215. The van der Waals surface area contributed by atoms with Crippen molar-refractivity contribution in [3.63, 3.8) is 0 Å². The van der Waals surface area contributed by atoms with Crippen LogP contribution in [0.3, 0.4) is 0 Å². The quantitative estimate of drug-likeness (QED) is 0.379. The van der Waals surface area contributed by atoms with Crippen molar-refractivity contribution in [3.05, 3.63) is 29.0 Å². The van der Waals surface area contributed by atoms with Gasteiger partial charge in [0.05, 0.1) is 5.02 Å². The molecule has 1 rings (SSSR count). The summed E-state index contributed by atoms with van der Waals surface area (Å²) in [4.78, 5) is 24.3. The van der Waals surface area contributed by atoms with Gasteiger partial charge in [0.1, 0.15) is 0 Å². The van der Waals surface area contributed by atoms with E-state index in [0.717, 1.165) is 0 Å². The normalized spacial score (nSPS) is 9.18. The van der Waals surface area contributed by atoms with E-state index in [1.54, 1.807) is 0 Å². The third kappa shape index (κ3) is 1.85. The Bertz CT molecular complexity index is 298. The zero-order chi connectivity index (χ0) is 8.27. The molecular formula is C7H4ClNO2. The highest BCUT2D eigenvalue weighted by Crippen LogP contribution is 2.07. The summed E-state index contributed by atoms with van der Waals surface area (Å²) in [6, 6.07) is 1.39. The summed E-state index contributed by atoms with van der Waals surface area (Å²) < 4.78 is 0. The van der Waals surface area contributed by atoms with Crippen LogP contribution in [0.15, 0.2) is 18.5 Å². The number of ketones is 1. The van der Waals surface area contributed by atoms with Crippen LogP contribution in [0, 0.1) is 0 Å². The molecule has 4 heteroatoms. The summed E-state index contributed by atoms with van der Waals surface area (Å²) in [6.07, 6.45) is 2.92. The molecule has 0 bridgehead atoms. The van der Waals surface area contributed by atoms with Crippen LogP contribution in [-0.2, 0) is 4.79 Å². The van der Waals surface area contributed by atoms with E-state index in [-0.39, 0.29) is 11.8 Å². The van der Waals surface area contributed by atoms with Crippen molar-refractivity contribution in [3.8, 4) is 0 Å². The number of aldehydes is 1. The first-order chi connectivity index (χ1) is 5.24. The zero-order valence-corrected chi connectivity index (χ0v) is 6.21. The van der Waals surface area contributed by atoms with Crippen LogP contribution in [0.25, 0.3) is 0 Å². The highest BCUT2D eigenvalue weighted by atomic mass is 35.5. The molecule has 1 aromatic rings. The predicted octanol–water partition coefficient (Wildman–Crippen LogP) is 1.12. The average Bonchev–Trinajstić information content (AvgIpc) is 2.03. The van der Waals surface area contributed by atoms with E-state index in [4.69, 9.17) is 11.6 Å². The molecule has 0 aliphatic rings. The number of carbonyl (C=O) groups is 2. The highest BCUT2D eigenvalue weighted by molar-refractivity contribution is 6.35. The molecule has 0 aliphatic carbocycles. The monoisotopic (exact) mass is 169 g/mol. The van der Waals surface area contributed by atoms with E-state index in [1.807, 2.05) is 0 Å². The summed E-state index contributed by atoms with van der Waals surface area (Å²) >= 11 is 5.52. The van der Waals surface area contributed by atoms with Gasteiger partial charge < -0.3 is 0 Å². The molecule has 0 atom stereocenters. The van der Waals surface area contributed by atoms with Gasteiger partial charge in [0, 0.05) is 18.0 Å². The first-order valence-electron chi connectivity index (χ1n) is 2.84. The molecule has 0 aliphatic heterocycles. The molecule has 1 aromatic heterocycles. The van der Waals surface area contributed by atoms with Crippen LogP contribution in [0.5, 0.6) is 0 Å². The SMILES string of the molecule is O=CC(=O)c1cncc(Cl)c1. The lowest BCUT2D eigenvalue weighted by Gasteiger charge is -1.91. The van der Waals surface area contributed by atoms with Crippen molar-refractivity contribution in [1.82, 2.24) is 4.98 Å². The Morgan fingerprint density at radius 1 is 1.55 bits per heavy atom. The van der Waals surface area contributed by atoms with Crippen molar-refractivity contribution >= 4 is 23.7 Å². The lowest BCUT2D eigenvalue weighted by Crippen LogP contribution is -1.99.